The smallest absolute Gasteiger partial charge is 0.322 e. The van der Waals surface area contributed by atoms with Crippen LogP contribution in [0.5, 0.6) is 5.75 Å². The van der Waals surface area contributed by atoms with Gasteiger partial charge in [0.05, 0.1) is 12.8 Å². The summed E-state index contributed by atoms with van der Waals surface area (Å²) in [5.41, 5.74) is 2.72. The van der Waals surface area contributed by atoms with E-state index in [0.717, 1.165) is 25.2 Å². The van der Waals surface area contributed by atoms with E-state index in [9.17, 15) is 4.79 Å². The molecule has 1 aliphatic heterocycles. The summed E-state index contributed by atoms with van der Waals surface area (Å²) in [4.78, 5) is 20.9. The second kappa shape index (κ2) is 8.38. The van der Waals surface area contributed by atoms with Gasteiger partial charge < -0.3 is 15.0 Å². The van der Waals surface area contributed by atoms with Crippen LogP contribution in [0.2, 0.25) is 5.02 Å². The fourth-order valence-electron chi connectivity index (χ4n) is 2.98. The molecule has 6 nitrogen and oxygen atoms in total. The second-order valence-corrected chi connectivity index (χ2v) is 6.76. The van der Waals surface area contributed by atoms with Gasteiger partial charge in [-0.3, -0.25) is 9.88 Å². The number of rotatable bonds is 4. The first-order valence-electron chi connectivity index (χ1n) is 8.58. The number of aromatic nitrogens is 1. The first kappa shape index (κ1) is 18.5. The number of carbonyl (C=O) groups excluding carboxylic acids is 1. The fourth-order valence-corrected chi connectivity index (χ4v) is 3.14. The van der Waals surface area contributed by atoms with Gasteiger partial charge in [0.2, 0.25) is 0 Å². The Hall–Kier alpha value is -2.31. The van der Waals surface area contributed by atoms with Crippen LogP contribution < -0.4 is 10.1 Å². The van der Waals surface area contributed by atoms with Crippen molar-refractivity contribution in [2.45, 2.75) is 13.5 Å². The molecular formula is C19H23ClN4O2. The monoisotopic (exact) mass is 374 g/mol. The molecule has 3 rings (SSSR count). The van der Waals surface area contributed by atoms with Crippen LogP contribution in [0.1, 0.15) is 11.1 Å². The summed E-state index contributed by atoms with van der Waals surface area (Å²) in [6.07, 6.45) is 3.66. The van der Waals surface area contributed by atoms with Crippen molar-refractivity contribution in [1.29, 1.82) is 0 Å². The van der Waals surface area contributed by atoms with Gasteiger partial charge >= 0.3 is 6.03 Å². The number of pyridine rings is 1. The lowest BCUT2D eigenvalue weighted by Gasteiger charge is -2.34. The van der Waals surface area contributed by atoms with Gasteiger partial charge in [-0.1, -0.05) is 17.7 Å². The van der Waals surface area contributed by atoms with E-state index in [-0.39, 0.29) is 6.03 Å². The molecule has 0 unspecified atom stereocenters. The molecule has 138 valence electrons. The van der Waals surface area contributed by atoms with E-state index < -0.39 is 0 Å². The van der Waals surface area contributed by atoms with Gasteiger partial charge in [-0.15, -0.1) is 0 Å². The van der Waals surface area contributed by atoms with Gasteiger partial charge in [-0.2, -0.15) is 0 Å². The maximum Gasteiger partial charge on any atom is 0.322 e. The number of ether oxygens (including phenoxy) is 1. The number of benzene rings is 1. The van der Waals surface area contributed by atoms with Crippen molar-refractivity contribution < 1.29 is 9.53 Å². The van der Waals surface area contributed by atoms with E-state index >= 15 is 0 Å². The number of hydrogen-bond donors (Lipinski definition) is 1. The Morgan fingerprint density at radius 3 is 2.73 bits per heavy atom. The van der Waals surface area contributed by atoms with Crippen molar-refractivity contribution in [3.63, 3.8) is 0 Å². The molecule has 1 aromatic carbocycles. The Morgan fingerprint density at radius 2 is 2.08 bits per heavy atom. The Bertz CT molecular complexity index is 762. The normalized spacial score (nSPS) is 15.0. The number of amides is 2. The van der Waals surface area contributed by atoms with Crippen molar-refractivity contribution in [3.05, 3.63) is 52.8 Å². The largest absolute Gasteiger partial charge is 0.495 e. The quantitative estimate of drug-likeness (QED) is 0.891. The predicted molar refractivity (Wildman–Crippen MR) is 103 cm³/mol. The van der Waals surface area contributed by atoms with E-state index in [1.807, 2.05) is 30.2 Å². The molecule has 1 fully saturated rings. The SMILES string of the molecule is COc1cc(Cl)c(C)cc1NC(=O)N1CCN(Cc2cccnc2)CC1. The van der Waals surface area contributed by atoms with Crippen LogP contribution in [0.25, 0.3) is 0 Å². The number of aryl methyl sites for hydroxylation is 1. The zero-order valence-electron chi connectivity index (χ0n) is 15.0. The minimum atomic E-state index is -0.119. The average Bonchev–Trinajstić information content (AvgIpc) is 2.66. The van der Waals surface area contributed by atoms with Crippen molar-refractivity contribution in [1.82, 2.24) is 14.8 Å². The van der Waals surface area contributed by atoms with E-state index in [2.05, 4.69) is 21.3 Å². The third kappa shape index (κ3) is 4.45. The van der Waals surface area contributed by atoms with Gasteiger partial charge in [0.25, 0.3) is 0 Å². The number of halogens is 1. The molecule has 26 heavy (non-hydrogen) atoms. The molecule has 0 spiro atoms. The van der Waals surface area contributed by atoms with Gasteiger partial charge in [-0.05, 0) is 30.2 Å². The van der Waals surface area contributed by atoms with Crippen LogP contribution in [0.3, 0.4) is 0 Å². The van der Waals surface area contributed by atoms with Crippen LogP contribution in [-0.2, 0) is 6.54 Å². The maximum atomic E-state index is 12.6. The van der Waals surface area contributed by atoms with Crippen LogP contribution in [0.4, 0.5) is 10.5 Å². The summed E-state index contributed by atoms with van der Waals surface area (Å²) in [6.45, 7) is 5.78. The van der Waals surface area contributed by atoms with E-state index in [4.69, 9.17) is 16.3 Å². The van der Waals surface area contributed by atoms with Crippen LogP contribution in [0.15, 0.2) is 36.7 Å². The van der Waals surface area contributed by atoms with Crippen LogP contribution in [-0.4, -0.2) is 54.1 Å². The Morgan fingerprint density at radius 1 is 1.31 bits per heavy atom. The van der Waals surface area contributed by atoms with E-state index in [1.165, 1.54) is 5.56 Å². The molecule has 1 saturated heterocycles. The van der Waals surface area contributed by atoms with Gasteiger partial charge in [0.1, 0.15) is 5.75 Å². The zero-order valence-corrected chi connectivity index (χ0v) is 15.8. The molecule has 1 N–H and O–H groups in total. The lowest BCUT2D eigenvalue weighted by Crippen LogP contribution is -2.49. The fraction of sp³-hybridized carbons (Fsp3) is 0.368. The Balaban J connectivity index is 1.56. The summed E-state index contributed by atoms with van der Waals surface area (Å²) in [5, 5.41) is 3.55. The Kier molecular flexibility index (Phi) is 5.96. The standard InChI is InChI=1S/C19H23ClN4O2/c1-14-10-17(18(26-2)11-16(14)20)22-19(25)24-8-6-23(7-9-24)13-15-4-3-5-21-12-15/h3-5,10-12H,6-9,13H2,1-2H3,(H,22,25). The molecule has 0 radical (unpaired) electrons. The molecule has 2 heterocycles. The van der Waals surface area contributed by atoms with Gasteiger partial charge in [0.15, 0.2) is 0 Å². The summed E-state index contributed by atoms with van der Waals surface area (Å²) < 4.78 is 5.32. The van der Waals surface area contributed by atoms with Gasteiger partial charge in [-0.25, -0.2) is 4.79 Å². The van der Waals surface area contributed by atoms with E-state index in [1.54, 1.807) is 19.4 Å². The average molecular weight is 375 g/mol. The molecule has 0 aliphatic carbocycles. The molecule has 2 amide bonds. The molecule has 1 aromatic heterocycles. The highest BCUT2D eigenvalue weighted by atomic mass is 35.5. The Labute approximate surface area is 158 Å². The first-order valence-corrected chi connectivity index (χ1v) is 8.96. The molecule has 0 atom stereocenters. The highest BCUT2D eigenvalue weighted by Gasteiger charge is 2.22. The number of methoxy groups -OCH3 is 1. The molecule has 0 saturated carbocycles. The topological polar surface area (TPSA) is 57.7 Å². The predicted octanol–water partition coefficient (Wildman–Crippen LogP) is 3.40. The van der Waals surface area contributed by atoms with Crippen molar-refractivity contribution in [2.24, 2.45) is 0 Å². The number of piperazine rings is 1. The zero-order chi connectivity index (χ0) is 18.5. The number of urea groups is 1. The molecule has 2 aromatic rings. The van der Waals surface area contributed by atoms with Crippen LogP contribution >= 0.6 is 11.6 Å². The second-order valence-electron chi connectivity index (χ2n) is 6.36. The number of anilines is 1. The molecule has 0 bridgehead atoms. The van der Waals surface area contributed by atoms with Crippen molar-refractivity contribution in [3.8, 4) is 5.75 Å². The lowest BCUT2D eigenvalue weighted by atomic mass is 10.2. The third-order valence-corrected chi connectivity index (χ3v) is 4.92. The van der Waals surface area contributed by atoms with Crippen LogP contribution in [0, 0.1) is 6.92 Å². The molecule has 7 heteroatoms. The highest BCUT2D eigenvalue weighted by molar-refractivity contribution is 6.31. The minimum Gasteiger partial charge on any atom is -0.495 e. The molecular weight excluding hydrogens is 352 g/mol. The van der Waals surface area contributed by atoms with Crippen molar-refractivity contribution in [2.75, 3.05) is 38.6 Å². The number of nitrogens with zero attached hydrogens (tertiary/aromatic N) is 3. The summed E-state index contributed by atoms with van der Waals surface area (Å²) in [6, 6.07) is 7.45. The van der Waals surface area contributed by atoms with Gasteiger partial charge in [0, 0.05) is 56.2 Å². The number of nitrogens with one attached hydrogen (secondary N) is 1. The maximum absolute atomic E-state index is 12.6. The number of hydrogen-bond acceptors (Lipinski definition) is 4. The lowest BCUT2D eigenvalue weighted by molar-refractivity contribution is 0.143. The molecule has 1 aliphatic rings. The summed E-state index contributed by atoms with van der Waals surface area (Å²) in [7, 11) is 1.56. The highest BCUT2D eigenvalue weighted by Crippen LogP contribution is 2.31. The summed E-state index contributed by atoms with van der Waals surface area (Å²) in [5.74, 6) is 0.559. The van der Waals surface area contributed by atoms with Crippen molar-refractivity contribution >= 4 is 23.3 Å². The first-order chi connectivity index (χ1) is 12.6. The minimum absolute atomic E-state index is 0.119. The summed E-state index contributed by atoms with van der Waals surface area (Å²) >= 11 is 6.12. The number of carbonyl (C=O) groups is 1. The van der Waals surface area contributed by atoms with E-state index in [0.29, 0.717) is 29.5 Å². The third-order valence-electron chi connectivity index (χ3n) is 4.51.